The van der Waals surface area contributed by atoms with E-state index in [4.69, 9.17) is 28.5 Å². The lowest BCUT2D eigenvalue weighted by atomic mass is 10.1. The lowest BCUT2D eigenvalue weighted by Crippen LogP contribution is -2.31. The first kappa shape index (κ1) is 25.1. The molecule has 0 atom stereocenters. The van der Waals surface area contributed by atoms with Gasteiger partial charge in [-0.2, -0.15) is 10.2 Å². The molecule has 0 unspecified atom stereocenters. The quantitative estimate of drug-likeness (QED) is 0.346. The molecule has 0 bridgehead atoms. The molecule has 3 aromatic rings. The first-order chi connectivity index (χ1) is 16.3. The summed E-state index contributed by atoms with van der Waals surface area (Å²) in [6, 6.07) is 9.57. The van der Waals surface area contributed by atoms with Gasteiger partial charge in [0.1, 0.15) is 11.6 Å². The second-order valence-electron chi connectivity index (χ2n) is 7.06. The number of amides is 1. The van der Waals surface area contributed by atoms with E-state index in [1.807, 2.05) is 6.07 Å². The molecule has 2 heterocycles. The maximum absolute atomic E-state index is 12.7. The second kappa shape index (κ2) is 11.6. The van der Waals surface area contributed by atoms with Crippen LogP contribution in [0.3, 0.4) is 0 Å². The number of benzene rings is 1. The molecule has 0 fully saturated rings. The van der Waals surface area contributed by atoms with Gasteiger partial charge >= 0.3 is 0 Å². The number of pyridine rings is 1. The van der Waals surface area contributed by atoms with Crippen LogP contribution in [0.15, 0.2) is 36.5 Å². The monoisotopic (exact) mass is 501 g/mol. The summed E-state index contributed by atoms with van der Waals surface area (Å²) in [4.78, 5) is 27.4. The summed E-state index contributed by atoms with van der Waals surface area (Å²) in [5.74, 6) is 0.646. The number of aryl methyl sites for hydroxylation is 1. The molecule has 176 valence electrons. The average molecular weight is 502 g/mol. The summed E-state index contributed by atoms with van der Waals surface area (Å²) < 4.78 is 0. The Balaban J connectivity index is 1.80. The van der Waals surface area contributed by atoms with Crippen LogP contribution in [0, 0.1) is 18.3 Å². The highest BCUT2D eigenvalue weighted by atomic mass is 35.5. The third-order valence-electron chi connectivity index (χ3n) is 4.54. The number of aromatic nitrogens is 3. The van der Waals surface area contributed by atoms with Crippen LogP contribution in [-0.4, -0.2) is 57.4 Å². The SMILES string of the molecule is Cc1cc(Nc2cc(NC(=O)c3c(Cl)cc(C#N)cc3Cl)ccn2)nc(N(CCO)CCO)n1. The van der Waals surface area contributed by atoms with Gasteiger partial charge in [0, 0.05) is 42.8 Å². The Kier molecular flexibility index (Phi) is 8.56. The Morgan fingerprint density at radius 1 is 1.09 bits per heavy atom. The summed E-state index contributed by atoms with van der Waals surface area (Å²) in [7, 11) is 0. The van der Waals surface area contributed by atoms with Crippen molar-refractivity contribution in [3.05, 3.63) is 63.4 Å². The second-order valence-corrected chi connectivity index (χ2v) is 7.88. The number of aliphatic hydroxyl groups excluding tert-OH is 2. The average Bonchev–Trinajstić information content (AvgIpc) is 2.78. The Morgan fingerprint density at radius 2 is 1.76 bits per heavy atom. The fraction of sp³-hybridized carbons (Fsp3) is 0.227. The van der Waals surface area contributed by atoms with E-state index in [2.05, 4.69) is 25.6 Å². The van der Waals surface area contributed by atoms with Gasteiger partial charge in [0.25, 0.3) is 5.91 Å². The molecule has 1 amide bonds. The topological polar surface area (TPSA) is 147 Å². The number of hydrogen-bond acceptors (Lipinski definition) is 9. The van der Waals surface area contributed by atoms with E-state index in [0.29, 0.717) is 29.0 Å². The van der Waals surface area contributed by atoms with Crippen molar-refractivity contribution in [1.82, 2.24) is 15.0 Å². The van der Waals surface area contributed by atoms with E-state index >= 15 is 0 Å². The Morgan fingerprint density at radius 3 is 2.38 bits per heavy atom. The Hall–Kier alpha value is -3.49. The highest BCUT2D eigenvalue weighted by Crippen LogP contribution is 2.28. The number of nitriles is 1. The molecule has 0 spiro atoms. The number of aliphatic hydroxyl groups is 2. The summed E-state index contributed by atoms with van der Waals surface area (Å²) >= 11 is 12.3. The Labute approximate surface area is 205 Å². The number of carbonyl (C=O) groups excluding carboxylic acids is 1. The van der Waals surface area contributed by atoms with Gasteiger partial charge in [0.15, 0.2) is 0 Å². The molecule has 0 aliphatic rings. The number of rotatable bonds is 9. The molecule has 0 saturated carbocycles. The predicted molar refractivity (Wildman–Crippen MR) is 130 cm³/mol. The molecule has 12 heteroatoms. The summed E-state index contributed by atoms with van der Waals surface area (Å²) in [5, 5.41) is 33.5. The largest absolute Gasteiger partial charge is 0.395 e. The number of carbonyl (C=O) groups is 1. The third kappa shape index (κ3) is 6.30. The smallest absolute Gasteiger partial charge is 0.258 e. The van der Waals surface area contributed by atoms with Crippen LogP contribution in [0.5, 0.6) is 0 Å². The zero-order chi connectivity index (χ0) is 24.7. The van der Waals surface area contributed by atoms with Crippen LogP contribution in [0.2, 0.25) is 10.0 Å². The van der Waals surface area contributed by atoms with E-state index < -0.39 is 5.91 Å². The molecular weight excluding hydrogens is 481 g/mol. The number of nitrogens with zero attached hydrogens (tertiary/aromatic N) is 5. The van der Waals surface area contributed by atoms with Gasteiger partial charge in [-0.3, -0.25) is 4.79 Å². The maximum atomic E-state index is 12.7. The zero-order valence-electron chi connectivity index (χ0n) is 18.1. The maximum Gasteiger partial charge on any atom is 0.258 e. The van der Waals surface area contributed by atoms with Crippen molar-refractivity contribution >= 4 is 52.4 Å². The summed E-state index contributed by atoms with van der Waals surface area (Å²) in [6.45, 7) is 2.10. The van der Waals surface area contributed by atoms with Crippen LogP contribution in [0.4, 0.5) is 23.3 Å². The van der Waals surface area contributed by atoms with Gasteiger partial charge in [-0.05, 0) is 25.1 Å². The fourth-order valence-electron chi connectivity index (χ4n) is 3.07. The first-order valence-electron chi connectivity index (χ1n) is 10.1. The number of nitrogens with one attached hydrogen (secondary N) is 2. The molecule has 10 nitrogen and oxygen atoms in total. The van der Waals surface area contributed by atoms with Crippen molar-refractivity contribution < 1.29 is 15.0 Å². The van der Waals surface area contributed by atoms with E-state index in [-0.39, 0.29) is 47.5 Å². The van der Waals surface area contributed by atoms with Crippen molar-refractivity contribution in [3.63, 3.8) is 0 Å². The molecule has 0 aliphatic heterocycles. The Bertz CT molecular complexity index is 1200. The molecule has 2 aromatic heterocycles. The van der Waals surface area contributed by atoms with E-state index in [1.54, 1.807) is 30.0 Å². The summed E-state index contributed by atoms with van der Waals surface area (Å²) in [5.41, 5.74) is 1.39. The number of hydrogen-bond donors (Lipinski definition) is 4. The lowest BCUT2D eigenvalue weighted by molar-refractivity contribution is 0.102. The molecule has 0 aliphatic carbocycles. The predicted octanol–water partition coefficient (Wildman–Crippen LogP) is 3.15. The molecule has 3 rings (SSSR count). The van der Waals surface area contributed by atoms with Crippen molar-refractivity contribution in [1.29, 1.82) is 5.26 Å². The van der Waals surface area contributed by atoms with Crippen molar-refractivity contribution in [2.75, 3.05) is 41.8 Å². The van der Waals surface area contributed by atoms with Gasteiger partial charge in [0.05, 0.1) is 40.5 Å². The highest BCUT2D eigenvalue weighted by molar-refractivity contribution is 6.40. The van der Waals surface area contributed by atoms with Crippen LogP contribution >= 0.6 is 23.2 Å². The standard InChI is InChI=1S/C22H21Cl2N7O3/c1-13-8-19(30-22(27-13)31(4-6-32)5-7-33)29-18-11-15(2-3-26-18)28-21(34)20-16(23)9-14(12-25)10-17(20)24/h2-3,8-11,32-33H,4-7H2,1H3,(H2,26,27,28,29,30,34). The van der Waals surface area contributed by atoms with Gasteiger partial charge in [-0.1, -0.05) is 23.2 Å². The van der Waals surface area contributed by atoms with Gasteiger partial charge in [0.2, 0.25) is 5.95 Å². The minimum Gasteiger partial charge on any atom is -0.395 e. The van der Waals surface area contributed by atoms with E-state index in [9.17, 15) is 15.0 Å². The minimum atomic E-state index is -0.541. The molecule has 0 saturated heterocycles. The van der Waals surface area contributed by atoms with Crippen LogP contribution in [-0.2, 0) is 0 Å². The number of halogens is 2. The fourth-order valence-corrected chi connectivity index (χ4v) is 3.73. The van der Waals surface area contributed by atoms with Crippen LogP contribution < -0.4 is 15.5 Å². The molecule has 1 aromatic carbocycles. The van der Waals surface area contributed by atoms with Gasteiger partial charge in [-0.15, -0.1) is 0 Å². The van der Waals surface area contributed by atoms with Crippen LogP contribution in [0.1, 0.15) is 21.6 Å². The molecule has 4 N–H and O–H groups in total. The van der Waals surface area contributed by atoms with Gasteiger partial charge in [-0.25, -0.2) is 9.97 Å². The van der Waals surface area contributed by atoms with Gasteiger partial charge < -0.3 is 25.7 Å². The van der Waals surface area contributed by atoms with Crippen molar-refractivity contribution in [3.8, 4) is 6.07 Å². The third-order valence-corrected chi connectivity index (χ3v) is 5.13. The summed E-state index contributed by atoms with van der Waals surface area (Å²) in [6.07, 6.45) is 1.50. The normalized spacial score (nSPS) is 10.5. The zero-order valence-corrected chi connectivity index (χ0v) is 19.6. The van der Waals surface area contributed by atoms with E-state index in [0.717, 1.165) is 0 Å². The first-order valence-corrected chi connectivity index (χ1v) is 10.9. The molecule has 34 heavy (non-hydrogen) atoms. The van der Waals surface area contributed by atoms with Crippen molar-refractivity contribution in [2.45, 2.75) is 6.92 Å². The highest BCUT2D eigenvalue weighted by Gasteiger charge is 2.17. The van der Waals surface area contributed by atoms with Crippen LogP contribution in [0.25, 0.3) is 0 Å². The van der Waals surface area contributed by atoms with E-state index in [1.165, 1.54) is 18.3 Å². The van der Waals surface area contributed by atoms with Crippen molar-refractivity contribution in [2.24, 2.45) is 0 Å². The number of anilines is 4. The minimum absolute atomic E-state index is 0.0533. The molecule has 0 radical (unpaired) electrons. The molecular formula is C22H21Cl2N7O3. The lowest BCUT2D eigenvalue weighted by Gasteiger charge is -2.21.